The van der Waals surface area contributed by atoms with Gasteiger partial charge in [0.15, 0.2) is 11.3 Å². The van der Waals surface area contributed by atoms with Crippen LogP contribution < -0.4 is 14.8 Å². The van der Waals surface area contributed by atoms with Gasteiger partial charge in [-0.3, -0.25) is 14.5 Å². The number of para-hydroxylation sites is 1. The molecule has 3 aromatic carbocycles. The van der Waals surface area contributed by atoms with Gasteiger partial charge in [0.2, 0.25) is 5.78 Å². The lowest BCUT2D eigenvalue weighted by Crippen LogP contribution is -2.45. The number of benzene rings is 3. The second-order valence-corrected chi connectivity index (χ2v) is 8.50. The van der Waals surface area contributed by atoms with Crippen molar-refractivity contribution in [1.29, 1.82) is 0 Å². The number of urea groups is 1. The smallest absolute Gasteiger partial charge is 0.325 e. The molecule has 0 saturated carbocycles. The number of carbonyl (C=O) groups excluding carboxylic acids is 3. The predicted molar refractivity (Wildman–Crippen MR) is 132 cm³/mol. The van der Waals surface area contributed by atoms with Crippen LogP contribution in [-0.2, 0) is 10.3 Å². The van der Waals surface area contributed by atoms with E-state index in [2.05, 4.69) is 5.32 Å². The van der Waals surface area contributed by atoms with E-state index in [1.807, 2.05) is 18.2 Å². The minimum atomic E-state index is -1.53. The monoisotopic (exact) mass is 484 g/mol. The van der Waals surface area contributed by atoms with E-state index in [-0.39, 0.29) is 5.76 Å². The van der Waals surface area contributed by atoms with E-state index in [4.69, 9.17) is 13.9 Å². The fraction of sp³-hybridized carbons (Fsp3) is 0.179. The molecule has 1 aromatic heterocycles. The van der Waals surface area contributed by atoms with E-state index in [0.29, 0.717) is 33.8 Å². The van der Waals surface area contributed by atoms with Crippen LogP contribution in [0.25, 0.3) is 11.0 Å². The lowest BCUT2D eigenvalue weighted by Gasteiger charge is -2.28. The van der Waals surface area contributed by atoms with Gasteiger partial charge in [-0.05, 0) is 48.4 Å². The fourth-order valence-corrected chi connectivity index (χ4v) is 4.62. The molecule has 1 aliphatic heterocycles. The average molecular weight is 485 g/mol. The number of hydrogen-bond acceptors (Lipinski definition) is 6. The standard InChI is InChI=1S/C28H24N2O6/c1-17-22-6-4-5-7-24(22)36-25(17)23(31)16-30-26(32)28(29-27(30)33,18-8-12-20(34-2)13-9-18)19-10-14-21(35-3)15-11-19/h4-15H,16H2,1-3H3,(H,29,33). The van der Waals surface area contributed by atoms with Gasteiger partial charge >= 0.3 is 6.03 Å². The maximum absolute atomic E-state index is 14.0. The highest BCUT2D eigenvalue weighted by molar-refractivity contribution is 6.13. The number of ether oxygens (including phenoxy) is 2. The highest BCUT2D eigenvalue weighted by atomic mass is 16.5. The summed E-state index contributed by atoms with van der Waals surface area (Å²) in [7, 11) is 3.09. The van der Waals surface area contributed by atoms with Gasteiger partial charge in [0.05, 0.1) is 20.8 Å². The van der Waals surface area contributed by atoms with Crippen LogP contribution in [-0.4, -0.2) is 43.4 Å². The molecule has 5 rings (SSSR count). The van der Waals surface area contributed by atoms with Crippen LogP contribution in [0.5, 0.6) is 11.5 Å². The molecule has 4 aromatic rings. The number of nitrogens with one attached hydrogen (secondary N) is 1. The first-order valence-corrected chi connectivity index (χ1v) is 11.3. The Balaban J connectivity index is 1.54. The van der Waals surface area contributed by atoms with Gasteiger partial charge in [-0.1, -0.05) is 42.5 Å². The summed E-state index contributed by atoms with van der Waals surface area (Å²) in [4.78, 5) is 41.3. The first-order chi connectivity index (χ1) is 17.4. The highest BCUT2D eigenvalue weighted by Gasteiger charge is 2.54. The van der Waals surface area contributed by atoms with Crippen molar-refractivity contribution in [2.45, 2.75) is 12.5 Å². The van der Waals surface area contributed by atoms with E-state index < -0.39 is 29.8 Å². The number of imide groups is 1. The summed E-state index contributed by atoms with van der Waals surface area (Å²) < 4.78 is 16.3. The van der Waals surface area contributed by atoms with Crippen LogP contribution in [0.3, 0.4) is 0 Å². The number of aryl methyl sites for hydroxylation is 1. The molecular weight excluding hydrogens is 460 g/mol. The molecule has 0 radical (unpaired) electrons. The highest BCUT2D eigenvalue weighted by Crippen LogP contribution is 2.38. The summed E-state index contributed by atoms with van der Waals surface area (Å²) in [6.45, 7) is 1.32. The van der Waals surface area contributed by atoms with Gasteiger partial charge in [-0.2, -0.15) is 0 Å². The zero-order valence-electron chi connectivity index (χ0n) is 20.0. The maximum Gasteiger partial charge on any atom is 0.325 e. The third-order valence-corrected chi connectivity index (χ3v) is 6.55. The zero-order chi connectivity index (χ0) is 25.4. The summed E-state index contributed by atoms with van der Waals surface area (Å²) in [5.74, 6) is 0.307. The van der Waals surface area contributed by atoms with E-state index >= 15 is 0 Å². The van der Waals surface area contributed by atoms with Crippen LogP contribution in [0, 0.1) is 6.92 Å². The lowest BCUT2D eigenvalue weighted by molar-refractivity contribution is -0.130. The van der Waals surface area contributed by atoms with Crippen molar-refractivity contribution in [2.24, 2.45) is 0 Å². The van der Waals surface area contributed by atoms with Gasteiger partial charge < -0.3 is 19.2 Å². The van der Waals surface area contributed by atoms with Gasteiger partial charge in [0.1, 0.15) is 17.1 Å². The predicted octanol–water partition coefficient (Wildman–Crippen LogP) is 4.44. The van der Waals surface area contributed by atoms with Crippen molar-refractivity contribution in [3.8, 4) is 11.5 Å². The number of furan rings is 1. The number of carbonyl (C=O) groups is 3. The molecule has 1 aliphatic rings. The summed E-state index contributed by atoms with van der Waals surface area (Å²) in [6.07, 6.45) is 0. The summed E-state index contributed by atoms with van der Waals surface area (Å²) >= 11 is 0. The number of Topliss-reactive ketones (excluding diaryl/α,β-unsaturated/α-hetero) is 1. The molecule has 0 atom stereocenters. The van der Waals surface area contributed by atoms with Crippen molar-refractivity contribution < 1.29 is 28.3 Å². The van der Waals surface area contributed by atoms with Gasteiger partial charge in [-0.25, -0.2) is 4.79 Å². The Hall–Kier alpha value is -4.59. The quantitative estimate of drug-likeness (QED) is 0.308. The largest absolute Gasteiger partial charge is 0.497 e. The van der Waals surface area contributed by atoms with Crippen molar-refractivity contribution in [3.63, 3.8) is 0 Å². The minimum absolute atomic E-state index is 0.128. The Morgan fingerprint density at radius 1 is 0.889 bits per heavy atom. The van der Waals surface area contributed by atoms with Gasteiger partial charge in [0, 0.05) is 10.9 Å². The third-order valence-electron chi connectivity index (χ3n) is 6.55. The topological polar surface area (TPSA) is 98.1 Å². The van der Waals surface area contributed by atoms with E-state index in [9.17, 15) is 14.4 Å². The van der Waals surface area contributed by atoms with E-state index in [1.54, 1.807) is 75.7 Å². The van der Waals surface area contributed by atoms with Crippen LogP contribution in [0.4, 0.5) is 4.79 Å². The molecule has 182 valence electrons. The Kier molecular flexibility index (Phi) is 5.72. The molecule has 0 unspecified atom stereocenters. The summed E-state index contributed by atoms with van der Waals surface area (Å²) in [6, 6.07) is 20.4. The Morgan fingerprint density at radius 3 is 1.97 bits per heavy atom. The second kappa shape index (κ2) is 8.88. The number of hydrogen-bond donors (Lipinski definition) is 1. The Labute approximate surface area is 207 Å². The lowest BCUT2D eigenvalue weighted by atomic mass is 9.82. The molecule has 8 nitrogen and oxygen atoms in total. The molecule has 0 bridgehead atoms. The van der Waals surface area contributed by atoms with Crippen molar-refractivity contribution in [2.75, 3.05) is 20.8 Å². The van der Waals surface area contributed by atoms with Crippen LogP contribution in [0.2, 0.25) is 0 Å². The van der Waals surface area contributed by atoms with Crippen LogP contribution in [0.1, 0.15) is 27.2 Å². The van der Waals surface area contributed by atoms with Crippen molar-refractivity contribution in [3.05, 3.63) is 95.2 Å². The number of fused-ring (bicyclic) bond motifs is 1. The molecule has 0 aliphatic carbocycles. The Bertz CT molecular complexity index is 1420. The number of methoxy groups -OCH3 is 2. The average Bonchev–Trinajstić information content (AvgIpc) is 3.38. The second-order valence-electron chi connectivity index (χ2n) is 8.50. The molecule has 1 fully saturated rings. The first-order valence-electron chi connectivity index (χ1n) is 11.3. The molecule has 3 amide bonds. The molecule has 36 heavy (non-hydrogen) atoms. The van der Waals surface area contributed by atoms with Gasteiger partial charge in [0.25, 0.3) is 5.91 Å². The van der Waals surface area contributed by atoms with Crippen molar-refractivity contribution >= 4 is 28.7 Å². The maximum atomic E-state index is 14.0. The summed E-state index contributed by atoms with van der Waals surface area (Å²) in [5.41, 5.74) is 0.766. The molecule has 2 heterocycles. The van der Waals surface area contributed by atoms with Crippen LogP contribution >= 0.6 is 0 Å². The fourth-order valence-electron chi connectivity index (χ4n) is 4.62. The molecule has 1 N–H and O–H groups in total. The number of rotatable bonds is 7. The summed E-state index contributed by atoms with van der Waals surface area (Å²) in [5, 5.41) is 3.65. The van der Waals surface area contributed by atoms with E-state index in [0.717, 1.165) is 10.3 Å². The molecular formula is C28H24N2O6. The SMILES string of the molecule is COc1ccc(C2(c3ccc(OC)cc3)NC(=O)N(CC(=O)c3oc4ccccc4c3C)C2=O)cc1. The first kappa shape index (κ1) is 23.2. The van der Waals surface area contributed by atoms with Crippen LogP contribution in [0.15, 0.2) is 77.2 Å². The number of ketones is 1. The molecule has 1 saturated heterocycles. The molecule has 0 spiro atoms. The van der Waals surface area contributed by atoms with Crippen molar-refractivity contribution in [1.82, 2.24) is 10.2 Å². The third kappa shape index (κ3) is 3.58. The van der Waals surface area contributed by atoms with Gasteiger partial charge in [-0.15, -0.1) is 0 Å². The zero-order valence-corrected chi connectivity index (χ0v) is 20.0. The Morgan fingerprint density at radius 2 is 1.44 bits per heavy atom. The van der Waals surface area contributed by atoms with E-state index in [1.165, 1.54) is 0 Å². The normalized spacial score (nSPS) is 14.7. The minimum Gasteiger partial charge on any atom is -0.497 e. The number of amides is 3. The molecule has 8 heteroatoms. The number of nitrogens with zero attached hydrogens (tertiary/aromatic N) is 1.